The molecule has 1 aromatic rings. The van der Waals surface area contributed by atoms with Gasteiger partial charge in [0.25, 0.3) is 0 Å². The van der Waals surface area contributed by atoms with Gasteiger partial charge in [0.2, 0.25) is 10.0 Å². The largest absolute Gasteiger partial charge is 0.373 e. The number of ether oxygens (including phenoxy) is 1. The molecular weight excluding hydrogens is 330 g/mol. The normalized spacial score (nSPS) is 22.4. The van der Waals surface area contributed by atoms with Crippen LogP contribution >= 0.6 is 0 Å². The zero-order valence-electron chi connectivity index (χ0n) is 14.4. The zero-order chi connectivity index (χ0) is 17.9. The molecule has 2 N–H and O–H groups in total. The number of nitrogens with zero attached hydrogens (tertiary/aromatic N) is 1. The van der Waals surface area contributed by atoms with E-state index in [-0.39, 0.29) is 29.2 Å². The Morgan fingerprint density at radius 3 is 2.21 bits per heavy atom. The first-order valence-electron chi connectivity index (χ1n) is 8.01. The summed E-state index contributed by atoms with van der Waals surface area (Å²) in [7, 11) is -3.57. The highest BCUT2D eigenvalue weighted by Gasteiger charge is 2.32. The van der Waals surface area contributed by atoms with Crippen LogP contribution in [0.2, 0.25) is 0 Å². The third-order valence-corrected chi connectivity index (χ3v) is 5.40. The summed E-state index contributed by atoms with van der Waals surface area (Å²) in [6.07, 6.45) is -0.270. The molecule has 0 unspecified atom stereocenters. The topological polar surface area (TPSA) is 87.7 Å². The summed E-state index contributed by atoms with van der Waals surface area (Å²) in [5.41, 5.74) is 0.538. The second-order valence-corrected chi connectivity index (χ2v) is 8.29. The van der Waals surface area contributed by atoms with Gasteiger partial charge in [0.1, 0.15) is 0 Å². The van der Waals surface area contributed by atoms with Crippen LogP contribution in [-0.4, -0.2) is 50.1 Å². The molecule has 2 amide bonds. The van der Waals surface area contributed by atoms with Crippen LogP contribution in [0.15, 0.2) is 29.2 Å². The molecule has 7 nitrogen and oxygen atoms in total. The Labute approximate surface area is 143 Å². The molecule has 1 aromatic carbocycles. The van der Waals surface area contributed by atoms with Crippen molar-refractivity contribution in [1.82, 2.24) is 9.62 Å². The number of hydrogen-bond donors (Lipinski definition) is 2. The van der Waals surface area contributed by atoms with E-state index in [1.165, 1.54) is 16.4 Å². The fourth-order valence-corrected chi connectivity index (χ4v) is 4.21. The number of carbonyl (C=O) groups excluding carboxylic acids is 1. The molecule has 1 fully saturated rings. The summed E-state index contributed by atoms with van der Waals surface area (Å²) in [4.78, 5) is 11.9. The number of urea groups is 1. The number of rotatable bonds is 4. The Balaban J connectivity index is 2.10. The van der Waals surface area contributed by atoms with Gasteiger partial charge in [-0.1, -0.05) is 0 Å². The van der Waals surface area contributed by atoms with Crippen molar-refractivity contribution in [3.63, 3.8) is 0 Å². The summed E-state index contributed by atoms with van der Waals surface area (Å²) >= 11 is 0. The van der Waals surface area contributed by atoms with Crippen LogP contribution in [0.5, 0.6) is 0 Å². The highest BCUT2D eigenvalue weighted by molar-refractivity contribution is 7.89. The third-order valence-electron chi connectivity index (χ3n) is 3.56. The Bertz CT molecular complexity index is 663. The van der Waals surface area contributed by atoms with Crippen molar-refractivity contribution in [2.75, 3.05) is 18.4 Å². The number of morpholine rings is 1. The smallest absolute Gasteiger partial charge is 0.319 e. The van der Waals surface area contributed by atoms with Crippen LogP contribution in [0.4, 0.5) is 10.5 Å². The molecule has 8 heteroatoms. The van der Waals surface area contributed by atoms with Crippen molar-refractivity contribution in [1.29, 1.82) is 0 Å². The second-order valence-electron chi connectivity index (χ2n) is 6.36. The molecule has 2 atom stereocenters. The van der Waals surface area contributed by atoms with Crippen LogP contribution < -0.4 is 10.6 Å². The Hall–Kier alpha value is -1.64. The molecule has 1 aliphatic heterocycles. The standard InChI is InChI=1S/C16H25N3O4S/c1-11(2)17-16(20)18-14-5-7-15(8-6-14)24(21,22)19-9-12(3)23-13(4)10-19/h5-8,11-13H,9-10H2,1-4H3,(H2,17,18,20)/t12-,13-/m1/s1. The van der Waals surface area contributed by atoms with E-state index in [1.807, 2.05) is 27.7 Å². The molecule has 2 rings (SSSR count). The lowest BCUT2D eigenvalue weighted by atomic mass is 10.3. The van der Waals surface area contributed by atoms with Crippen LogP contribution in [0, 0.1) is 0 Å². The first kappa shape index (κ1) is 18.7. The third kappa shape index (κ3) is 4.68. The van der Waals surface area contributed by atoms with Crippen LogP contribution in [0.25, 0.3) is 0 Å². The number of hydrogen-bond acceptors (Lipinski definition) is 4. The number of benzene rings is 1. The molecule has 0 radical (unpaired) electrons. The molecular formula is C16H25N3O4S. The van der Waals surface area contributed by atoms with Crippen molar-refractivity contribution in [2.45, 2.75) is 50.8 Å². The molecule has 0 aliphatic carbocycles. The molecule has 134 valence electrons. The van der Waals surface area contributed by atoms with Gasteiger partial charge in [0, 0.05) is 24.8 Å². The SMILES string of the molecule is CC(C)NC(=O)Nc1ccc(S(=O)(=O)N2C[C@@H](C)O[C@H](C)C2)cc1. The molecule has 1 heterocycles. The highest BCUT2D eigenvalue weighted by Crippen LogP contribution is 2.22. The quantitative estimate of drug-likeness (QED) is 0.865. The van der Waals surface area contributed by atoms with Gasteiger partial charge in [-0.3, -0.25) is 0 Å². The van der Waals surface area contributed by atoms with E-state index in [2.05, 4.69) is 10.6 Å². The molecule has 0 saturated carbocycles. The van der Waals surface area contributed by atoms with Gasteiger partial charge in [0.15, 0.2) is 0 Å². The Morgan fingerprint density at radius 2 is 1.71 bits per heavy atom. The van der Waals surface area contributed by atoms with E-state index in [1.54, 1.807) is 12.1 Å². The maximum absolute atomic E-state index is 12.7. The average molecular weight is 355 g/mol. The minimum absolute atomic E-state index is 0.0231. The summed E-state index contributed by atoms with van der Waals surface area (Å²) in [5.74, 6) is 0. The van der Waals surface area contributed by atoms with Gasteiger partial charge in [-0.05, 0) is 52.0 Å². The maximum atomic E-state index is 12.7. The summed E-state index contributed by atoms with van der Waals surface area (Å²) < 4.78 is 32.5. The lowest BCUT2D eigenvalue weighted by Gasteiger charge is -2.34. The number of amides is 2. The minimum Gasteiger partial charge on any atom is -0.373 e. The van der Waals surface area contributed by atoms with Gasteiger partial charge < -0.3 is 15.4 Å². The van der Waals surface area contributed by atoms with Crippen molar-refractivity contribution in [2.24, 2.45) is 0 Å². The van der Waals surface area contributed by atoms with Crippen LogP contribution in [0.3, 0.4) is 0 Å². The molecule has 24 heavy (non-hydrogen) atoms. The van der Waals surface area contributed by atoms with Crippen molar-refractivity contribution >= 4 is 21.7 Å². The molecule has 0 spiro atoms. The molecule has 1 aliphatic rings. The zero-order valence-corrected chi connectivity index (χ0v) is 15.3. The van der Waals surface area contributed by atoms with E-state index >= 15 is 0 Å². The Morgan fingerprint density at radius 1 is 1.17 bits per heavy atom. The monoisotopic (exact) mass is 355 g/mol. The predicted octanol–water partition coefficient (Wildman–Crippen LogP) is 2.01. The van der Waals surface area contributed by atoms with Crippen molar-refractivity contribution < 1.29 is 17.9 Å². The molecule has 0 bridgehead atoms. The van der Waals surface area contributed by atoms with Gasteiger partial charge in [-0.15, -0.1) is 0 Å². The summed E-state index contributed by atoms with van der Waals surface area (Å²) in [6.45, 7) is 8.11. The first-order valence-corrected chi connectivity index (χ1v) is 9.45. The number of sulfonamides is 1. The summed E-state index contributed by atoms with van der Waals surface area (Å²) in [5, 5.41) is 5.37. The maximum Gasteiger partial charge on any atom is 0.319 e. The average Bonchev–Trinajstić information content (AvgIpc) is 2.45. The van der Waals surface area contributed by atoms with E-state index in [0.29, 0.717) is 18.8 Å². The summed E-state index contributed by atoms with van der Waals surface area (Å²) in [6, 6.07) is 5.88. The fraction of sp³-hybridized carbons (Fsp3) is 0.562. The molecule has 0 aromatic heterocycles. The van der Waals surface area contributed by atoms with Crippen LogP contribution in [0.1, 0.15) is 27.7 Å². The number of carbonyl (C=O) groups is 1. The van der Waals surface area contributed by atoms with Crippen LogP contribution in [-0.2, 0) is 14.8 Å². The van der Waals surface area contributed by atoms with E-state index < -0.39 is 10.0 Å². The Kier molecular flexibility index (Phi) is 5.84. The van der Waals surface area contributed by atoms with Gasteiger partial charge in [-0.2, -0.15) is 4.31 Å². The lowest BCUT2D eigenvalue weighted by Crippen LogP contribution is -2.48. The van der Waals surface area contributed by atoms with E-state index in [4.69, 9.17) is 4.74 Å². The fourth-order valence-electron chi connectivity index (χ4n) is 2.62. The van der Waals surface area contributed by atoms with Gasteiger partial charge >= 0.3 is 6.03 Å². The molecule has 1 saturated heterocycles. The van der Waals surface area contributed by atoms with Gasteiger partial charge in [-0.25, -0.2) is 13.2 Å². The lowest BCUT2D eigenvalue weighted by molar-refractivity contribution is -0.0440. The number of nitrogens with one attached hydrogen (secondary N) is 2. The minimum atomic E-state index is -3.57. The number of anilines is 1. The van der Waals surface area contributed by atoms with E-state index in [9.17, 15) is 13.2 Å². The van der Waals surface area contributed by atoms with E-state index in [0.717, 1.165) is 0 Å². The van der Waals surface area contributed by atoms with Gasteiger partial charge in [0.05, 0.1) is 17.1 Å². The first-order chi connectivity index (χ1) is 11.2. The van der Waals surface area contributed by atoms with Crippen molar-refractivity contribution in [3.8, 4) is 0 Å². The van der Waals surface area contributed by atoms with Crippen molar-refractivity contribution in [3.05, 3.63) is 24.3 Å². The predicted molar refractivity (Wildman–Crippen MR) is 92.5 cm³/mol. The second kappa shape index (κ2) is 7.50. The highest BCUT2D eigenvalue weighted by atomic mass is 32.2.